The quantitative estimate of drug-likeness (QED) is 0.839. The Balaban J connectivity index is 0.00000147. The number of hydrogen-bond donors (Lipinski definition) is 1. The molecule has 2 aliphatic heterocycles. The van der Waals surface area contributed by atoms with Crippen LogP contribution in [0.1, 0.15) is 31.4 Å². The molecular formula is C15H19BrN2O2. The monoisotopic (exact) mass is 338 g/mol. The van der Waals surface area contributed by atoms with Gasteiger partial charge in [-0.15, -0.1) is 17.0 Å². The van der Waals surface area contributed by atoms with Crippen molar-refractivity contribution < 1.29 is 9.59 Å². The molecule has 0 bridgehead atoms. The van der Waals surface area contributed by atoms with E-state index in [1.54, 1.807) is 0 Å². The summed E-state index contributed by atoms with van der Waals surface area (Å²) in [6.07, 6.45) is 1.79. The minimum Gasteiger partial charge on any atom is -0.305 e. The lowest BCUT2D eigenvalue weighted by atomic mass is 9.93. The van der Waals surface area contributed by atoms with E-state index in [9.17, 15) is 9.59 Å². The number of carbonyl (C=O) groups is 2. The van der Waals surface area contributed by atoms with Crippen LogP contribution in [-0.2, 0) is 9.59 Å². The molecule has 3 atom stereocenters. The highest BCUT2D eigenvalue weighted by Crippen LogP contribution is 2.33. The lowest BCUT2D eigenvalue weighted by Gasteiger charge is -2.23. The molecule has 0 aliphatic carbocycles. The normalized spacial score (nSPS) is 26.9. The molecule has 108 valence electrons. The number of benzene rings is 1. The fraction of sp³-hybridized carbons (Fsp3) is 0.467. The van der Waals surface area contributed by atoms with Crippen LogP contribution >= 0.6 is 17.0 Å². The van der Waals surface area contributed by atoms with Gasteiger partial charge in [0.25, 0.3) is 0 Å². The fourth-order valence-corrected chi connectivity index (χ4v) is 3.11. The zero-order valence-electron chi connectivity index (χ0n) is 11.4. The molecule has 4 nitrogen and oxygen atoms in total. The number of likely N-dealkylation sites (tertiary alicyclic amines) is 1. The number of hydrogen-bond acceptors (Lipinski definition) is 3. The first kappa shape index (κ1) is 15.2. The molecule has 2 aliphatic rings. The second-order valence-electron chi connectivity index (χ2n) is 5.31. The van der Waals surface area contributed by atoms with Gasteiger partial charge in [0.05, 0.1) is 18.0 Å². The highest BCUT2D eigenvalue weighted by Gasteiger charge is 2.49. The van der Waals surface area contributed by atoms with Crippen LogP contribution < -0.4 is 5.32 Å². The van der Waals surface area contributed by atoms with E-state index in [1.165, 1.54) is 4.90 Å². The molecule has 20 heavy (non-hydrogen) atoms. The first-order valence-corrected chi connectivity index (χ1v) is 6.85. The molecule has 0 aromatic heterocycles. The lowest BCUT2D eigenvalue weighted by Crippen LogP contribution is -2.44. The van der Waals surface area contributed by atoms with Gasteiger partial charge in [0.2, 0.25) is 11.8 Å². The van der Waals surface area contributed by atoms with Crippen LogP contribution in [-0.4, -0.2) is 29.3 Å². The van der Waals surface area contributed by atoms with Crippen LogP contribution in [0.2, 0.25) is 0 Å². The van der Waals surface area contributed by atoms with E-state index in [2.05, 4.69) is 5.32 Å². The van der Waals surface area contributed by atoms with Crippen molar-refractivity contribution >= 4 is 28.8 Å². The van der Waals surface area contributed by atoms with E-state index in [1.807, 2.05) is 37.3 Å². The summed E-state index contributed by atoms with van der Waals surface area (Å²) in [6, 6.07) is 9.23. The Labute approximate surface area is 129 Å². The molecule has 5 heteroatoms. The smallest absolute Gasteiger partial charge is 0.247 e. The number of amides is 2. The second-order valence-corrected chi connectivity index (χ2v) is 5.31. The van der Waals surface area contributed by atoms with Crippen molar-refractivity contribution in [2.75, 3.05) is 6.54 Å². The number of halogens is 1. The lowest BCUT2D eigenvalue weighted by molar-refractivity contribution is -0.142. The first-order valence-electron chi connectivity index (χ1n) is 6.85. The number of rotatable bonds is 2. The van der Waals surface area contributed by atoms with Gasteiger partial charge in [-0.25, -0.2) is 0 Å². The number of piperidine rings is 1. The average Bonchev–Trinajstić information content (AvgIpc) is 2.72. The fourth-order valence-electron chi connectivity index (χ4n) is 3.11. The number of fused-ring (bicyclic) bond motifs is 1. The van der Waals surface area contributed by atoms with Gasteiger partial charge in [-0.2, -0.15) is 0 Å². The van der Waals surface area contributed by atoms with Crippen LogP contribution in [0.5, 0.6) is 0 Å². The molecule has 0 saturated carbocycles. The molecular weight excluding hydrogens is 320 g/mol. The van der Waals surface area contributed by atoms with E-state index in [0.29, 0.717) is 0 Å². The summed E-state index contributed by atoms with van der Waals surface area (Å²) in [5, 5.41) is 3.19. The van der Waals surface area contributed by atoms with E-state index in [0.717, 1.165) is 24.9 Å². The molecule has 3 rings (SSSR count). The van der Waals surface area contributed by atoms with Crippen LogP contribution in [0.15, 0.2) is 30.3 Å². The standard InChI is InChI=1S/C15H18N2O2.BrH/c1-10(11-6-3-2-4-7-11)17-14(18)12-8-5-9-16-13(12)15(17)19;/h2-4,6-7,10,12-13,16H,5,8-9H2,1H3;1H/t10-,12+,13-;/m0./s1. The maximum absolute atomic E-state index is 12.4. The maximum atomic E-state index is 12.4. The van der Waals surface area contributed by atoms with Gasteiger partial charge < -0.3 is 5.32 Å². The zero-order valence-corrected chi connectivity index (χ0v) is 13.1. The van der Waals surface area contributed by atoms with Crippen molar-refractivity contribution in [2.24, 2.45) is 5.92 Å². The average molecular weight is 339 g/mol. The molecule has 0 spiro atoms. The van der Waals surface area contributed by atoms with Gasteiger partial charge in [0.1, 0.15) is 0 Å². The van der Waals surface area contributed by atoms with Gasteiger partial charge in [-0.3, -0.25) is 14.5 Å². The minimum atomic E-state index is -0.299. The third-order valence-electron chi connectivity index (χ3n) is 4.19. The van der Waals surface area contributed by atoms with Crippen LogP contribution in [0.25, 0.3) is 0 Å². The summed E-state index contributed by atoms with van der Waals surface area (Å²) < 4.78 is 0. The Morgan fingerprint density at radius 3 is 2.55 bits per heavy atom. The SMILES string of the molecule is Br.C[C@@H](c1ccccc1)N1C(=O)[C@H]2NCCC[C@H]2C1=O. The molecule has 0 radical (unpaired) electrons. The molecule has 2 saturated heterocycles. The van der Waals surface area contributed by atoms with Gasteiger partial charge >= 0.3 is 0 Å². The van der Waals surface area contributed by atoms with Crippen LogP contribution in [0.3, 0.4) is 0 Å². The highest BCUT2D eigenvalue weighted by atomic mass is 79.9. The number of nitrogens with one attached hydrogen (secondary N) is 1. The van der Waals surface area contributed by atoms with Gasteiger partial charge in [-0.1, -0.05) is 30.3 Å². The minimum absolute atomic E-state index is 0. The summed E-state index contributed by atoms with van der Waals surface area (Å²) in [6.45, 7) is 2.75. The molecule has 1 aromatic rings. The molecule has 2 heterocycles. The number of carbonyl (C=O) groups excluding carboxylic acids is 2. The summed E-state index contributed by atoms with van der Waals surface area (Å²) in [7, 11) is 0. The van der Waals surface area contributed by atoms with E-state index in [-0.39, 0.29) is 46.8 Å². The zero-order chi connectivity index (χ0) is 13.4. The van der Waals surface area contributed by atoms with Crippen molar-refractivity contribution in [1.29, 1.82) is 0 Å². The Hall–Kier alpha value is -1.20. The highest BCUT2D eigenvalue weighted by molar-refractivity contribution is 8.93. The summed E-state index contributed by atoms with van der Waals surface area (Å²) in [5.74, 6) is -0.239. The van der Waals surface area contributed by atoms with Gasteiger partial charge in [0, 0.05) is 0 Å². The third-order valence-corrected chi connectivity index (χ3v) is 4.19. The Kier molecular flexibility index (Phi) is 4.60. The molecule has 0 unspecified atom stereocenters. The first-order chi connectivity index (χ1) is 9.20. The van der Waals surface area contributed by atoms with E-state index in [4.69, 9.17) is 0 Å². The van der Waals surface area contributed by atoms with Crippen LogP contribution in [0, 0.1) is 5.92 Å². The largest absolute Gasteiger partial charge is 0.305 e. The Morgan fingerprint density at radius 2 is 1.90 bits per heavy atom. The van der Waals surface area contributed by atoms with Crippen molar-refractivity contribution in [3.8, 4) is 0 Å². The van der Waals surface area contributed by atoms with Crippen molar-refractivity contribution in [1.82, 2.24) is 10.2 Å². The molecule has 1 N–H and O–H groups in total. The molecule has 2 fully saturated rings. The Morgan fingerprint density at radius 1 is 1.20 bits per heavy atom. The van der Waals surface area contributed by atoms with Crippen molar-refractivity contribution in [3.05, 3.63) is 35.9 Å². The third kappa shape index (κ3) is 2.40. The maximum Gasteiger partial charge on any atom is 0.247 e. The van der Waals surface area contributed by atoms with Crippen molar-refractivity contribution in [2.45, 2.75) is 31.8 Å². The van der Waals surface area contributed by atoms with Crippen LogP contribution in [0.4, 0.5) is 0 Å². The van der Waals surface area contributed by atoms with E-state index < -0.39 is 0 Å². The van der Waals surface area contributed by atoms with Gasteiger partial charge in [0.15, 0.2) is 0 Å². The summed E-state index contributed by atoms with van der Waals surface area (Å²) in [4.78, 5) is 26.3. The topological polar surface area (TPSA) is 49.4 Å². The predicted octanol–water partition coefficient (Wildman–Crippen LogP) is 2.06. The molecule has 1 aromatic carbocycles. The summed E-state index contributed by atoms with van der Waals surface area (Å²) >= 11 is 0. The predicted molar refractivity (Wildman–Crippen MR) is 81.5 cm³/mol. The number of imide groups is 1. The molecule has 2 amide bonds. The number of nitrogens with zero attached hydrogens (tertiary/aromatic N) is 1. The second kappa shape index (κ2) is 6.06. The Bertz CT molecular complexity index is 482. The van der Waals surface area contributed by atoms with Gasteiger partial charge in [-0.05, 0) is 31.9 Å². The van der Waals surface area contributed by atoms with Crippen molar-refractivity contribution in [3.63, 3.8) is 0 Å². The van der Waals surface area contributed by atoms with E-state index >= 15 is 0 Å². The summed E-state index contributed by atoms with van der Waals surface area (Å²) in [5.41, 5.74) is 1.00.